The van der Waals surface area contributed by atoms with Gasteiger partial charge in [-0.2, -0.15) is 0 Å². The second-order valence-corrected chi connectivity index (χ2v) is 3.92. The van der Waals surface area contributed by atoms with Gasteiger partial charge in [-0.25, -0.2) is 0 Å². The summed E-state index contributed by atoms with van der Waals surface area (Å²) in [7, 11) is 0. The normalized spacial score (nSPS) is 12.6. The molecule has 0 saturated carbocycles. The maximum Gasteiger partial charge on any atom is 0.120 e. The molecular weight excluding hydrogens is 218 g/mol. The third kappa shape index (κ3) is 5.17. The zero-order chi connectivity index (χ0) is 12.5. The molecule has 1 aromatic rings. The van der Waals surface area contributed by atoms with Gasteiger partial charge in [0, 0.05) is 18.2 Å². The topological polar surface area (TPSA) is 61.7 Å². The van der Waals surface area contributed by atoms with Crippen LogP contribution >= 0.6 is 0 Å². The van der Waals surface area contributed by atoms with Gasteiger partial charge >= 0.3 is 0 Å². The van der Waals surface area contributed by atoms with Crippen LogP contribution in [0.2, 0.25) is 0 Å². The molecule has 0 amide bonds. The number of ether oxygens (including phenoxy) is 1. The third-order valence-electron chi connectivity index (χ3n) is 2.55. The SMILES string of the molecule is CC(NCCCOCCO)c1ccccc1O. The molecule has 1 unspecified atom stereocenters. The minimum absolute atomic E-state index is 0.0711. The van der Waals surface area contributed by atoms with Gasteiger partial charge in [0.05, 0.1) is 13.2 Å². The fourth-order valence-electron chi connectivity index (χ4n) is 1.62. The van der Waals surface area contributed by atoms with Crippen LogP contribution in [0, 0.1) is 0 Å². The molecule has 3 N–H and O–H groups in total. The predicted octanol–water partition coefficient (Wildman–Crippen LogP) is 1.44. The molecule has 4 nitrogen and oxygen atoms in total. The van der Waals surface area contributed by atoms with Gasteiger partial charge in [0.15, 0.2) is 0 Å². The molecular formula is C13H21NO3. The predicted molar refractivity (Wildman–Crippen MR) is 67.0 cm³/mol. The van der Waals surface area contributed by atoms with Crippen LogP contribution in [-0.2, 0) is 4.74 Å². The van der Waals surface area contributed by atoms with Crippen molar-refractivity contribution in [1.82, 2.24) is 5.32 Å². The quantitative estimate of drug-likeness (QED) is 0.601. The average molecular weight is 239 g/mol. The molecule has 1 rings (SSSR count). The van der Waals surface area contributed by atoms with Crippen LogP contribution in [0.4, 0.5) is 0 Å². The van der Waals surface area contributed by atoms with E-state index < -0.39 is 0 Å². The summed E-state index contributed by atoms with van der Waals surface area (Å²) in [5.41, 5.74) is 0.906. The Labute approximate surface area is 102 Å². The van der Waals surface area contributed by atoms with Crippen molar-refractivity contribution in [1.29, 1.82) is 0 Å². The Morgan fingerprint density at radius 3 is 2.76 bits per heavy atom. The van der Waals surface area contributed by atoms with Crippen molar-refractivity contribution in [3.05, 3.63) is 29.8 Å². The molecule has 1 aromatic carbocycles. The van der Waals surface area contributed by atoms with Gasteiger partial charge < -0.3 is 20.3 Å². The van der Waals surface area contributed by atoms with Gasteiger partial charge in [0.2, 0.25) is 0 Å². The Balaban J connectivity index is 2.21. The van der Waals surface area contributed by atoms with Crippen molar-refractivity contribution in [3.63, 3.8) is 0 Å². The fourth-order valence-corrected chi connectivity index (χ4v) is 1.62. The first-order valence-corrected chi connectivity index (χ1v) is 5.95. The summed E-state index contributed by atoms with van der Waals surface area (Å²) < 4.78 is 5.15. The van der Waals surface area contributed by atoms with Crippen LogP contribution in [0.3, 0.4) is 0 Å². The number of para-hydroxylation sites is 1. The molecule has 0 aliphatic rings. The number of aliphatic hydroxyl groups excluding tert-OH is 1. The van der Waals surface area contributed by atoms with Gasteiger partial charge in [-0.3, -0.25) is 0 Å². The summed E-state index contributed by atoms with van der Waals surface area (Å²) in [4.78, 5) is 0. The van der Waals surface area contributed by atoms with E-state index >= 15 is 0 Å². The summed E-state index contributed by atoms with van der Waals surface area (Å²) in [5.74, 6) is 0.323. The number of phenols is 1. The molecule has 17 heavy (non-hydrogen) atoms. The molecule has 1 atom stereocenters. The van der Waals surface area contributed by atoms with Gasteiger partial charge in [-0.1, -0.05) is 18.2 Å². The highest BCUT2D eigenvalue weighted by atomic mass is 16.5. The smallest absolute Gasteiger partial charge is 0.120 e. The average Bonchev–Trinajstić information content (AvgIpc) is 2.34. The number of benzene rings is 1. The Morgan fingerprint density at radius 1 is 1.29 bits per heavy atom. The van der Waals surface area contributed by atoms with E-state index in [-0.39, 0.29) is 12.6 Å². The Morgan fingerprint density at radius 2 is 2.06 bits per heavy atom. The first-order chi connectivity index (χ1) is 8.25. The molecule has 0 bridgehead atoms. The van der Waals surface area contributed by atoms with E-state index in [1.54, 1.807) is 6.07 Å². The number of rotatable bonds is 8. The second-order valence-electron chi connectivity index (χ2n) is 3.92. The molecule has 0 radical (unpaired) electrons. The van der Waals surface area contributed by atoms with Gasteiger partial charge in [0.25, 0.3) is 0 Å². The van der Waals surface area contributed by atoms with E-state index in [0.29, 0.717) is 19.0 Å². The first-order valence-electron chi connectivity index (χ1n) is 5.95. The monoisotopic (exact) mass is 239 g/mol. The Hall–Kier alpha value is -1.10. The van der Waals surface area contributed by atoms with E-state index in [2.05, 4.69) is 5.32 Å². The standard InChI is InChI=1S/C13H21NO3/c1-11(12-5-2-3-6-13(12)16)14-7-4-9-17-10-8-15/h2-3,5-6,11,14-16H,4,7-10H2,1H3. The second kappa shape index (κ2) is 8.06. The molecule has 0 fully saturated rings. The lowest BCUT2D eigenvalue weighted by molar-refractivity contribution is 0.0904. The van der Waals surface area contributed by atoms with Crippen LogP contribution in [0.5, 0.6) is 5.75 Å². The molecule has 96 valence electrons. The molecule has 0 aliphatic carbocycles. The summed E-state index contributed by atoms with van der Waals surface area (Å²) in [6, 6.07) is 7.45. The number of aromatic hydroxyl groups is 1. The van der Waals surface area contributed by atoms with Gasteiger partial charge in [-0.05, 0) is 26.0 Å². The minimum Gasteiger partial charge on any atom is -0.508 e. The van der Waals surface area contributed by atoms with Crippen LogP contribution in [0.1, 0.15) is 24.9 Å². The lowest BCUT2D eigenvalue weighted by Gasteiger charge is -2.15. The van der Waals surface area contributed by atoms with E-state index in [9.17, 15) is 5.11 Å². The maximum atomic E-state index is 9.66. The highest BCUT2D eigenvalue weighted by molar-refractivity contribution is 5.33. The summed E-state index contributed by atoms with van der Waals surface area (Å²) in [5, 5.41) is 21.5. The van der Waals surface area contributed by atoms with Crippen LogP contribution in [0.25, 0.3) is 0 Å². The lowest BCUT2D eigenvalue weighted by Crippen LogP contribution is -2.21. The molecule has 4 heteroatoms. The van der Waals surface area contributed by atoms with Crippen molar-refractivity contribution in [2.75, 3.05) is 26.4 Å². The van der Waals surface area contributed by atoms with Gasteiger partial charge in [-0.15, -0.1) is 0 Å². The van der Waals surface area contributed by atoms with E-state index in [1.165, 1.54) is 0 Å². The number of hydrogen-bond donors (Lipinski definition) is 3. The largest absolute Gasteiger partial charge is 0.508 e. The zero-order valence-corrected chi connectivity index (χ0v) is 10.2. The summed E-state index contributed by atoms with van der Waals surface area (Å²) >= 11 is 0. The van der Waals surface area contributed by atoms with Crippen LogP contribution in [0.15, 0.2) is 24.3 Å². The van der Waals surface area contributed by atoms with Crippen molar-refractivity contribution >= 4 is 0 Å². The number of hydrogen-bond acceptors (Lipinski definition) is 4. The Kier molecular flexibility index (Phi) is 6.62. The van der Waals surface area contributed by atoms with Crippen molar-refractivity contribution in [3.8, 4) is 5.75 Å². The van der Waals surface area contributed by atoms with Crippen LogP contribution in [-0.4, -0.2) is 36.6 Å². The zero-order valence-electron chi connectivity index (χ0n) is 10.2. The molecule has 0 spiro atoms. The van der Waals surface area contributed by atoms with Gasteiger partial charge in [0.1, 0.15) is 5.75 Å². The van der Waals surface area contributed by atoms with Crippen LogP contribution < -0.4 is 5.32 Å². The maximum absolute atomic E-state index is 9.66. The summed E-state index contributed by atoms with van der Waals surface area (Å²) in [6.45, 7) is 3.95. The number of phenolic OH excluding ortho intramolecular Hbond substituents is 1. The van der Waals surface area contributed by atoms with E-state index in [4.69, 9.17) is 9.84 Å². The van der Waals surface area contributed by atoms with E-state index in [1.807, 2.05) is 25.1 Å². The molecule has 0 saturated heterocycles. The molecule has 0 heterocycles. The highest BCUT2D eigenvalue weighted by Gasteiger charge is 2.07. The number of nitrogens with one attached hydrogen (secondary N) is 1. The van der Waals surface area contributed by atoms with Crippen molar-refractivity contribution < 1.29 is 14.9 Å². The lowest BCUT2D eigenvalue weighted by atomic mass is 10.1. The van der Waals surface area contributed by atoms with Crippen molar-refractivity contribution in [2.45, 2.75) is 19.4 Å². The minimum atomic E-state index is 0.0711. The summed E-state index contributed by atoms with van der Waals surface area (Å²) in [6.07, 6.45) is 0.887. The highest BCUT2D eigenvalue weighted by Crippen LogP contribution is 2.22. The fraction of sp³-hybridized carbons (Fsp3) is 0.538. The third-order valence-corrected chi connectivity index (χ3v) is 2.55. The Bertz CT molecular complexity index is 317. The molecule has 0 aromatic heterocycles. The first kappa shape index (κ1) is 14.0. The van der Waals surface area contributed by atoms with E-state index in [0.717, 1.165) is 18.5 Å². The molecule has 0 aliphatic heterocycles. The number of aliphatic hydroxyl groups is 1. The van der Waals surface area contributed by atoms with Crippen molar-refractivity contribution in [2.24, 2.45) is 0 Å².